The summed E-state index contributed by atoms with van der Waals surface area (Å²) in [5.74, 6) is -0.314. The van der Waals surface area contributed by atoms with E-state index in [1.54, 1.807) is 12.1 Å². The Morgan fingerprint density at radius 2 is 1.83 bits per heavy atom. The van der Waals surface area contributed by atoms with Gasteiger partial charge in [0.05, 0.1) is 23.3 Å². The Labute approximate surface area is 172 Å². The summed E-state index contributed by atoms with van der Waals surface area (Å²) in [5.41, 5.74) is -0.237. The summed E-state index contributed by atoms with van der Waals surface area (Å²) in [5, 5.41) is 26.9. The van der Waals surface area contributed by atoms with Crippen LogP contribution in [0.1, 0.15) is 32.1 Å². The Morgan fingerprint density at radius 1 is 1.17 bits per heavy atom. The van der Waals surface area contributed by atoms with Gasteiger partial charge >= 0.3 is 5.97 Å². The maximum atomic E-state index is 13.2. The highest BCUT2D eigenvalue weighted by atomic mass is 35.5. The molecule has 1 aromatic carbocycles. The Hall–Kier alpha value is -2.54. The minimum absolute atomic E-state index is 0.00652. The fourth-order valence-electron chi connectivity index (χ4n) is 6.27. The van der Waals surface area contributed by atoms with Crippen molar-refractivity contribution < 1.29 is 15.0 Å². The number of carbonyl (C=O) groups is 1. The normalized spacial score (nSPS) is 32.3. The number of phenols is 1. The van der Waals surface area contributed by atoms with Crippen molar-refractivity contribution in [3.05, 3.63) is 45.8 Å². The number of nitrogens with one attached hydrogen (secondary N) is 1. The van der Waals surface area contributed by atoms with Gasteiger partial charge in [-0.1, -0.05) is 11.6 Å². The van der Waals surface area contributed by atoms with Crippen molar-refractivity contribution in [1.29, 1.82) is 0 Å². The first kappa shape index (κ1) is 18.5. The summed E-state index contributed by atoms with van der Waals surface area (Å²) in [4.78, 5) is 25.4. The summed E-state index contributed by atoms with van der Waals surface area (Å²) >= 11 is 6.41. The second kappa shape index (κ2) is 6.49. The average molecular weight is 416 g/mol. The molecule has 6 rings (SSSR count). The number of rotatable bonds is 4. The van der Waals surface area contributed by atoms with E-state index in [-0.39, 0.29) is 16.7 Å². The van der Waals surface area contributed by atoms with Gasteiger partial charge in [-0.05, 0) is 74.1 Å². The second-order valence-electron chi connectivity index (χ2n) is 8.79. The maximum Gasteiger partial charge on any atom is 0.309 e. The maximum absolute atomic E-state index is 13.2. The molecule has 0 amide bonds. The Balaban J connectivity index is 1.55. The number of aliphatic carboxylic acids is 1. The molecule has 8 heteroatoms. The van der Waals surface area contributed by atoms with Crippen LogP contribution in [-0.4, -0.2) is 26.0 Å². The summed E-state index contributed by atoms with van der Waals surface area (Å²) in [6.07, 6.45) is 5.81. The van der Waals surface area contributed by atoms with Crippen LogP contribution < -0.4 is 10.9 Å². The molecule has 4 saturated carbocycles. The number of phenolic OH excluding ortho intramolecular Hbond substituents is 1. The molecule has 4 bridgehead atoms. The summed E-state index contributed by atoms with van der Waals surface area (Å²) in [6.45, 7) is 0. The van der Waals surface area contributed by atoms with Crippen LogP contribution in [0, 0.1) is 23.7 Å². The third kappa shape index (κ3) is 2.82. The van der Waals surface area contributed by atoms with Gasteiger partial charge in [0.25, 0.3) is 5.56 Å². The highest BCUT2D eigenvalue weighted by Gasteiger charge is 2.61. The minimum atomic E-state index is -0.843. The molecule has 4 aliphatic rings. The molecular formula is C21H22ClN3O4. The van der Waals surface area contributed by atoms with E-state index < -0.39 is 23.0 Å². The number of carboxylic acids is 1. The highest BCUT2D eigenvalue weighted by molar-refractivity contribution is 6.33. The van der Waals surface area contributed by atoms with Crippen molar-refractivity contribution in [2.24, 2.45) is 23.7 Å². The van der Waals surface area contributed by atoms with Gasteiger partial charge in [-0.3, -0.25) is 9.59 Å². The molecule has 2 aromatic rings. The first-order valence-electron chi connectivity index (χ1n) is 9.94. The Morgan fingerprint density at radius 3 is 2.45 bits per heavy atom. The highest BCUT2D eigenvalue weighted by Crippen LogP contribution is 2.61. The van der Waals surface area contributed by atoms with Gasteiger partial charge in [-0.2, -0.15) is 5.10 Å². The van der Waals surface area contributed by atoms with Crippen LogP contribution >= 0.6 is 11.6 Å². The zero-order valence-corrected chi connectivity index (χ0v) is 16.5. The quantitative estimate of drug-likeness (QED) is 0.659. The number of benzene rings is 1. The van der Waals surface area contributed by atoms with Gasteiger partial charge in [-0.15, -0.1) is 0 Å². The van der Waals surface area contributed by atoms with Crippen LogP contribution in [0.4, 0.5) is 11.4 Å². The smallest absolute Gasteiger partial charge is 0.309 e. The SMILES string of the molecule is O=C(O)[C@H]1C2C[C@@H]3C[C@H](C2)CC1(n1ncc(Nc2ccc(O)cc2)c(Cl)c1=O)C3. The van der Waals surface area contributed by atoms with Crippen molar-refractivity contribution in [1.82, 2.24) is 9.78 Å². The van der Waals surface area contributed by atoms with E-state index in [0.717, 1.165) is 19.3 Å². The fraction of sp³-hybridized carbons (Fsp3) is 0.476. The zero-order valence-electron chi connectivity index (χ0n) is 15.7. The number of halogens is 1. The van der Waals surface area contributed by atoms with Crippen LogP contribution in [0.2, 0.25) is 5.02 Å². The number of aromatic hydroxyl groups is 1. The standard InChI is InChI=1S/C21H22ClN3O4/c22-18-16(24-14-1-3-15(26)4-2-14)10-23-25(19(18)27)21-8-11-5-12(9-21)7-13(6-11)17(21)20(28)29/h1-4,10-13,17,24,26H,5-9H2,(H,28,29)/t11-,12+,13?,17-,21?/m1/s1. The lowest BCUT2D eigenvalue weighted by molar-refractivity contribution is -0.168. The van der Waals surface area contributed by atoms with Gasteiger partial charge in [0.2, 0.25) is 0 Å². The minimum Gasteiger partial charge on any atom is -0.508 e. The van der Waals surface area contributed by atoms with E-state index in [0.29, 0.717) is 36.1 Å². The van der Waals surface area contributed by atoms with E-state index in [2.05, 4.69) is 10.4 Å². The molecule has 0 aliphatic heterocycles. The van der Waals surface area contributed by atoms with Crippen LogP contribution in [0.15, 0.2) is 35.3 Å². The molecule has 1 heterocycles. The number of hydrogen-bond donors (Lipinski definition) is 3. The topological polar surface area (TPSA) is 104 Å². The molecule has 2 unspecified atom stereocenters. The molecule has 29 heavy (non-hydrogen) atoms. The number of nitrogens with zero attached hydrogens (tertiary/aromatic N) is 2. The summed E-state index contributed by atoms with van der Waals surface area (Å²) in [6, 6.07) is 6.38. The number of hydrogen-bond acceptors (Lipinski definition) is 5. The van der Waals surface area contributed by atoms with Gasteiger partial charge in [0.1, 0.15) is 10.8 Å². The first-order valence-corrected chi connectivity index (χ1v) is 10.3. The van der Waals surface area contributed by atoms with Crippen LogP contribution in [-0.2, 0) is 10.3 Å². The van der Waals surface area contributed by atoms with Gasteiger partial charge in [0, 0.05) is 5.69 Å². The average Bonchev–Trinajstić information content (AvgIpc) is 2.66. The van der Waals surface area contributed by atoms with Crippen molar-refractivity contribution in [3.63, 3.8) is 0 Å². The van der Waals surface area contributed by atoms with Crippen LogP contribution in [0.3, 0.4) is 0 Å². The molecule has 0 spiro atoms. The molecule has 5 atom stereocenters. The number of carboxylic acid groups (broad SMARTS) is 1. The zero-order chi connectivity index (χ0) is 20.3. The molecule has 7 nitrogen and oxygen atoms in total. The third-order valence-electron chi connectivity index (χ3n) is 7.03. The van der Waals surface area contributed by atoms with Crippen molar-refractivity contribution in [2.45, 2.75) is 37.6 Å². The first-order chi connectivity index (χ1) is 13.9. The molecule has 152 valence electrons. The summed E-state index contributed by atoms with van der Waals surface area (Å²) < 4.78 is 1.38. The largest absolute Gasteiger partial charge is 0.508 e. The molecule has 1 aromatic heterocycles. The lowest BCUT2D eigenvalue weighted by Crippen LogP contribution is -2.63. The molecular weight excluding hydrogens is 394 g/mol. The van der Waals surface area contributed by atoms with E-state index in [4.69, 9.17) is 11.6 Å². The number of aromatic nitrogens is 2. The lowest BCUT2D eigenvalue weighted by atomic mass is 9.48. The van der Waals surface area contributed by atoms with Crippen molar-refractivity contribution in [2.75, 3.05) is 5.32 Å². The van der Waals surface area contributed by atoms with E-state index in [1.165, 1.54) is 23.0 Å². The molecule has 0 radical (unpaired) electrons. The van der Waals surface area contributed by atoms with Crippen LogP contribution in [0.25, 0.3) is 0 Å². The van der Waals surface area contributed by atoms with Gasteiger partial charge in [-0.25, -0.2) is 4.68 Å². The predicted molar refractivity (Wildman–Crippen MR) is 108 cm³/mol. The summed E-state index contributed by atoms with van der Waals surface area (Å²) in [7, 11) is 0. The fourth-order valence-corrected chi connectivity index (χ4v) is 6.45. The van der Waals surface area contributed by atoms with Crippen molar-refractivity contribution >= 4 is 28.9 Å². The lowest BCUT2D eigenvalue weighted by Gasteiger charge is -2.59. The van der Waals surface area contributed by atoms with Crippen molar-refractivity contribution in [3.8, 4) is 5.75 Å². The number of anilines is 2. The van der Waals surface area contributed by atoms with E-state index in [9.17, 15) is 19.8 Å². The Bertz CT molecular complexity index is 1020. The van der Waals surface area contributed by atoms with Gasteiger partial charge in [0.15, 0.2) is 0 Å². The van der Waals surface area contributed by atoms with Gasteiger partial charge < -0.3 is 15.5 Å². The second-order valence-corrected chi connectivity index (χ2v) is 9.17. The van der Waals surface area contributed by atoms with E-state index in [1.807, 2.05) is 0 Å². The monoisotopic (exact) mass is 415 g/mol. The molecule has 4 fully saturated rings. The predicted octanol–water partition coefficient (Wildman–Crippen LogP) is 3.58. The Kier molecular flexibility index (Phi) is 4.13. The third-order valence-corrected chi connectivity index (χ3v) is 7.39. The molecule has 4 aliphatic carbocycles. The van der Waals surface area contributed by atoms with E-state index >= 15 is 0 Å². The van der Waals surface area contributed by atoms with Crippen LogP contribution in [0.5, 0.6) is 5.75 Å². The molecule has 3 N–H and O–H groups in total. The molecule has 0 saturated heterocycles.